The van der Waals surface area contributed by atoms with Gasteiger partial charge in [0.1, 0.15) is 0 Å². The van der Waals surface area contributed by atoms with Crippen LogP contribution in [0, 0.1) is 5.92 Å². The fraction of sp³-hybridized carbons (Fsp3) is 0.500. The second kappa shape index (κ2) is 4.06. The van der Waals surface area contributed by atoms with Crippen LogP contribution in [-0.2, 0) is 5.41 Å². The van der Waals surface area contributed by atoms with Crippen LogP contribution in [0.1, 0.15) is 24.8 Å². The molecule has 88 valence electrons. The van der Waals surface area contributed by atoms with Gasteiger partial charge in [-0.05, 0) is 42.9 Å². The molecular formula is C12H14Cl3N. The lowest BCUT2D eigenvalue weighted by Gasteiger charge is -2.15. The molecule has 1 aromatic rings. The molecule has 0 saturated heterocycles. The summed E-state index contributed by atoms with van der Waals surface area (Å²) < 4.78 is 0. The van der Waals surface area contributed by atoms with Crippen LogP contribution in [0.25, 0.3) is 0 Å². The van der Waals surface area contributed by atoms with Crippen molar-refractivity contribution in [2.24, 2.45) is 11.7 Å². The van der Waals surface area contributed by atoms with Crippen molar-refractivity contribution in [3.63, 3.8) is 0 Å². The Morgan fingerprint density at radius 2 is 1.94 bits per heavy atom. The average molecular weight is 279 g/mol. The lowest BCUT2D eigenvalue weighted by molar-refractivity contribution is 0.583. The normalized spacial score (nSPS) is 35.4. The molecule has 2 aliphatic rings. The van der Waals surface area contributed by atoms with Gasteiger partial charge in [-0.2, -0.15) is 0 Å². The van der Waals surface area contributed by atoms with Crippen LogP contribution in [0.3, 0.4) is 0 Å². The first-order valence-electron chi connectivity index (χ1n) is 5.33. The molecule has 0 bridgehead atoms. The molecule has 3 atom stereocenters. The quantitative estimate of drug-likeness (QED) is 0.831. The van der Waals surface area contributed by atoms with E-state index in [0.717, 1.165) is 12.3 Å². The zero-order chi connectivity index (χ0) is 10.6. The Hall–Kier alpha value is 0.0500. The number of hydrogen-bond donors (Lipinski definition) is 1. The predicted octanol–water partition coefficient (Wildman–Crippen LogP) is 3.79. The third-order valence-electron chi connectivity index (χ3n) is 3.94. The highest BCUT2D eigenvalue weighted by atomic mass is 35.5. The molecule has 2 N–H and O–H groups in total. The number of halogens is 3. The number of hydrogen-bond acceptors (Lipinski definition) is 1. The van der Waals surface area contributed by atoms with Crippen molar-refractivity contribution >= 4 is 35.6 Å². The molecule has 0 aromatic heterocycles. The standard InChI is InChI=1S/C12H13Cl2N.ClH/c13-10-2-1-7(4-11(10)14)12-5-8(12)3-9(15)6-12;/h1-2,4,8-9H,3,5-6,15H2;1H. The Bertz CT molecular complexity index is 421. The Labute approximate surface area is 112 Å². The lowest BCUT2D eigenvalue weighted by Crippen LogP contribution is -2.20. The van der Waals surface area contributed by atoms with Crippen LogP contribution in [0.4, 0.5) is 0 Å². The van der Waals surface area contributed by atoms with Crippen molar-refractivity contribution < 1.29 is 0 Å². The molecule has 1 nitrogen and oxygen atoms in total. The molecule has 2 saturated carbocycles. The van der Waals surface area contributed by atoms with Crippen LogP contribution in [0.15, 0.2) is 18.2 Å². The smallest absolute Gasteiger partial charge is 0.0595 e. The number of fused-ring (bicyclic) bond motifs is 1. The van der Waals surface area contributed by atoms with E-state index in [2.05, 4.69) is 6.07 Å². The molecular weight excluding hydrogens is 264 g/mol. The van der Waals surface area contributed by atoms with E-state index in [1.807, 2.05) is 12.1 Å². The Kier molecular flexibility index (Phi) is 3.17. The van der Waals surface area contributed by atoms with Crippen molar-refractivity contribution in [1.29, 1.82) is 0 Å². The predicted molar refractivity (Wildman–Crippen MR) is 70.7 cm³/mol. The minimum absolute atomic E-state index is 0. The molecule has 0 heterocycles. The first-order chi connectivity index (χ1) is 7.12. The van der Waals surface area contributed by atoms with Gasteiger partial charge >= 0.3 is 0 Å². The molecule has 3 unspecified atom stereocenters. The van der Waals surface area contributed by atoms with Gasteiger partial charge < -0.3 is 5.73 Å². The number of nitrogens with two attached hydrogens (primary N) is 1. The van der Waals surface area contributed by atoms with E-state index in [1.165, 1.54) is 18.4 Å². The summed E-state index contributed by atoms with van der Waals surface area (Å²) in [5.41, 5.74) is 7.66. The summed E-state index contributed by atoms with van der Waals surface area (Å²) in [5, 5.41) is 1.30. The van der Waals surface area contributed by atoms with Crippen LogP contribution in [0.2, 0.25) is 10.0 Å². The van der Waals surface area contributed by atoms with Crippen molar-refractivity contribution in [3.8, 4) is 0 Å². The summed E-state index contributed by atoms with van der Waals surface area (Å²) in [7, 11) is 0. The molecule has 0 amide bonds. The van der Waals surface area contributed by atoms with Crippen LogP contribution >= 0.6 is 35.6 Å². The maximum Gasteiger partial charge on any atom is 0.0595 e. The maximum absolute atomic E-state index is 6.05. The fourth-order valence-corrected chi connectivity index (χ4v) is 3.43. The van der Waals surface area contributed by atoms with Crippen molar-refractivity contribution in [1.82, 2.24) is 0 Å². The van der Waals surface area contributed by atoms with Gasteiger partial charge in [0.2, 0.25) is 0 Å². The van der Waals surface area contributed by atoms with E-state index in [4.69, 9.17) is 28.9 Å². The Morgan fingerprint density at radius 3 is 2.50 bits per heavy atom. The second-order valence-electron chi connectivity index (χ2n) is 4.89. The summed E-state index contributed by atoms with van der Waals surface area (Å²) in [6.45, 7) is 0. The highest BCUT2D eigenvalue weighted by molar-refractivity contribution is 6.42. The van der Waals surface area contributed by atoms with Crippen LogP contribution in [0.5, 0.6) is 0 Å². The zero-order valence-corrected chi connectivity index (χ0v) is 11.1. The lowest BCUT2D eigenvalue weighted by atomic mass is 9.92. The molecule has 0 aliphatic heterocycles. The zero-order valence-electron chi connectivity index (χ0n) is 8.75. The molecule has 0 radical (unpaired) electrons. The van der Waals surface area contributed by atoms with E-state index in [0.29, 0.717) is 21.5 Å². The minimum Gasteiger partial charge on any atom is -0.328 e. The highest BCUT2D eigenvalue weighted by Crippen LogP contribution is 2.64. The first kappa shape index (κ1) is 12.5. The van der Waals surface area contributed by atoms with Gasteiger partial charge in [0, 0.05) is 11.5 Å². The number of benzene rings is 1. The van der Waals surface area contributed by atoms with Gasteiger partial charge in [0.15, 0.2) is 0 Å². The van der Waals surface area contributed by atoms with E-state index in [1.54, 1.807) is 0 Å². The molecule has 1 aromatic carbocycles. The monoisotopic (exact) mass is 277 g/mol. The largest absolute Gasteiger partial charge is 0.328 e. The SMILES string of the molecule is Cl.NC1CC2CC2(c2ccc(Cl)c(Cl)c2)C1. The van der Waals surface area contributed by atoms with Crippen LogP contribution < -0.4 is 5.73 Å². The topological polar surface area (TPSA) is 26.0 Å². The van der Waals surface area contributed by atoms with Gasteiger partial charge in [0.25, 0.3) is 0 Å². The van der Waals surface area contributed by atoms with E-state index >= 15 is 0 Å². The van der Waals surface area contributed by atoms with E-state index in [-0.39, 0.29) is 12.4 Å². The summed E-state index contributed by atoms with van der Waals surface area (Å²) in [6.07, 6.45) is 3.55. The van der Waals surface area contributed by atoms with Gasteiger partial charge in [-0.15, -0.1) is 12.4 Å². The first-order valence-corrected chi connectivity index (χ1v) is 6.08. The minimum atomic E-state index is 0. The fourth-order valence-electron chi connectivity index (χ4n) is 3.13. The summed E-state index contributed by atoms with van der Waals surface area (Å²) >= 11 is 12.0. The maximum atomic E-state index is 6.05. The molecule has 3 rings (SSSR count). The summed E-state index contributed by atoms with van der Waals surface area (Å²) in [5.74, 6) is 0.782. The van der Waals surface area contributed by atoms with Gasteiger partial charge in [-0.1, -0.05) is 29.3 Å². The molecule has 4 heteroatoms. The molecule has 0 spiro atoms. The molecule has 16 heavy (non-hydrogen) atoms. The summed E-state index contributed by atoms with van der Waals surface area (Å²) in [4.78, 5) is 0. The average Bonchev–Trinajstić information content (AvgIpc) is 2.75. The molecule has 2 aliphatic carbocycles. The van der Waals surface area contributed by atoms with Crippen molar-refractivity contribution in [3.05, 3.63) is 33.8 Å². The third-order valence-corrected chi connectivity index (χ3v) is 4.68. The molecule has 2 fully saturated rings. The third kappa shape index (κ3) is 1.74. The van der Waals surface area contributed by atoms with Crippen LogP contribution in [-0.4, -0.2) is 6.04 Å². The Balaban J connectivity index is 0.000000963. The highest BCUT2D eigenvalue weighted by Gasteiger charge is 2.60. The summed E-state index contributed by atoms with van der Waals surface area (Å²) in [6, 6.07) is 6.39. The number of rotatable bonds is 1. The Morgan fingerprint density at radius 1 is 1.19 bits per heavy atom. The van der Waals surface area contributed by atoms with Crippen molar-refractivity contribution in [2.45, 2.75) is 30.7 Å². The second-order valence-corrected chi connectivity index (χ2v) is 5.70. The van der Waals surface area contributed by atoms with Gasteiger partial charge in [-0.25, -0.2) is 0 Å². The van der Waals surface area contributed by atoms with Crippen molar-refractivity contribution in [2.75, 3.05) is 0 Å². The van der Waals surface area contributed by atoms with Gasteiger partial charge in [0.05, 0.1) is 10.0 Å². The van der Waals surface area contributed by atoms with E-state index in [9.17, 15) is 0 Å². The van der Waals surface area contributed by atoms with Gasteiger partial charge in [-0.3, -0.25) is 0 Å². The van der Waals surface area contributed by atoms with E-state index < -0.39 is 0 Å².